The molecule has 0 atom stereocenters. The van der Waals surface area contributed by atoms with Crippen molar-refractivity contribution in [2.75, 3.05) is 11.9 Å². The summed E-state index contributed by atoms with van der Waals surface area (Å²) in [6, 6.07) is 13.9. The summed E-state index contributed by atoms with van der Waals surface area (Å²) < 4.78 is 6.47. The van der Waals surface area contributed by atoms with Gasteiger partial charge in [0.15, 0.2) is 0 Å². The van der Waals surface area contributed by atoms with Gasteiger partial charge in [-0.15, -0.1) is 0 Å². The fourth-order valence-electron chi connectivity index (χ4n) is 1.74. The zero-order chi connectivity index (χ0) is 14.4. The quantitative estimate of drug-likeness (QED) is 0.739. The van der Waals surface area contributed by atoms with Crippen LogP contribution in [0, 0.1) is 0 Å². The van der Waals surface area contributed by atoms with Crippen LogP contribution < -0.4 is 10.1 Å². The third kappa shape index (κ3) is 4.43. The van der Waals surface area contributed by atoms with E-state index in [1.165, 1.54) is 5.56 Å². The summed E-state index contributed by atoms with van der Waals surface area (Å²) in [6.07, 6.45) is 1.02. The second-order valence-corrected chi connectivity index (χ2v) is 5.74. The predicted octanol–water partition coefficient (Wildman–Crippen LogP) is 5.50. The average molecular weight is 355 g/mol. The Bertz CT molecular complexity index is 557. The minimum Gasteiger partial charge on any atom is -0.494 e. The molecule has 2 rings (SSSR count). The highest BCUT2D eigenvalue weighted by Gasteiger charge is 2.00. The number of hydrogen-bond donors (Lipinski definition) is 1. The number of halogens is 2. The second-order valence-electron chi connectivity index (χ2n) is 4.47. The zero-order valence-electron chi connectivity index (χ0n) is 11.3. The van der Waals surface area contributed by atoms with Crippen molar-refractivity contribution in [3.05, 3.63) is 57.5 Å². The smallest absolute Gasteiger partial charge is 0.119 e. The Hall–Kier alpha value is -1.19. The second kappa shape index (κ2) is 7.55. The van der Waals surface area contributed by atoms with Crippen LogP contribution in [0.2, 0.25) is 5.02 Å². The molecule has 0 spiro atoms. The summed E-state index contributed by atoms with van der Waals surface area (Å²) in [6.45, 7) is 3.61. The maximum absolute atomic E-state index is 5.98. The van der Waals surface area contributed by atoms with Crippen LogP contribution in [-0.4, -0.2) is 6.61 Å². The maximum Gasteiger partial charge on any atom is 0.119 e. The summed E-state index contributed by atoms with van der Waals surface area (Å²) in [7, 11) is 0. The minimum atomic E-state index is 0.728. The molecule has 106 valence electrons. The lowest BCUT2D eigenvalue weighted by Crippen LogP contribution is -2.00. The molecule has 1 N–H and O–H groups in total. The van der Waals surface area contributed by atoms with Crippen LogP contribution in [0.25, 0.3) is 0 Å². The van der Waals surface area contributed by atoms with Gasteiger partial charge in [-0.05, 0) is 64.3 Å². The molecule has 2 aromatic carbocycles. The highest BCUT2D eigenvalue weighted by Crippen LogP contribution is 2.24. The van der Waals surface area contributed by atoms with Crippen molar-refractivity contribution in [2.24, 2.45) is 0 Å². The summed E-state index contributed by atoms with van der Waals surface area (Å²) in [5.41, 5.74) is 2.24. The van der Waals surface area contributed by atoms with Crippen LogP contribution in [0.15, 0.2) is 46.9 Å². The van der Waals surface area contributed by atoms with Gasteiger partial charge >= 0.3 is 0 Å². The third-order valence-corrected chi connectivity index (χ3v) is 4.02. The van der Waals surface area contributed by atoms with Gasteiger partial charge in [0, 0.05) is 16.7 Å². The van der Waals surface area contributed by atoms with E-state index in [-0.39, 0.29) is 0 Å². The van der Waals surface area contributed by atoms with Crippen molar-refractivity contribution >= 4 is 33.2 Å². The zero-order valence-corrected chi connectivity index (χ0v) is 13.7. The van der Waals surface area contributed by atoms with Crippen molar-refractivity contribution in [1.82, 2.24) is 0 Å². The highest BCUT2D eigenvalue weighted by atomic mass is 79.9. The van der Waals surface area contributed by atoms with Crippen LogP contribution in [0.3, 0.4) is 0 Å². The Morgan fingerprint density at radius 3 is 2.55 bits per heavy atom. The van der Waals surface area contributed by atoms with Gasteiger partial charge in [-0.2, -0.15) is 0 Å². The Morgan fingerprint density at radius 2 is 1.90 bits per heavy atom. The minimum absolute atomic E-state index is 0.728. The van der Waals surface area contributed by atoms with E-state index in [2.05, 4.69) is 28.2 Å². The van der Waals surface area contributed by atoms with Gasteiger partial charge in [-0.3, -0.25) is 0 Å². The molecule has 0 aliphatic heterocycles. The first kappa shape index (κ1) is 15.2. The molecule has 0 aliphatic rings. The van der Waals surface area contributed by atoms with Gasteiger partial charge in [0.25, 0.3) is 0 Å². The van der Waals surface area contributed by atoms with Crippen LogP contribution in [0.1, 0.15) is 18.9 Å². The monoisotopic (exact) mass is 353 g/mol. The molecule has 0 aromatic heterocycles. The summed E-state index contributed by atoms with van der Waals surface area (Å²) >= 11 is 9.41. The molecule has 0 fully saturated rings. The van der Waals surface area contributed by atoms with Crippen molar-refractivity contribution in [2.45, 2.75) is 19.9 Å². The van der Waals surface area contributed by atoms with Crippen LogP contribution >= 0.6 is 27.5 Å². The Balaban J connectivity index is 1.91. The Kier molecular flexibility index (Phi) is 5.74. The van der Waals surface area contributed by atoms with Crippen molar-refractivity contribution in [3.8, 4) is 5.75 Å². The number of ether oxygens (including phenoxy) is 1. The number of benzene rings is 2. The van der Waals surface area contributed by atoms with E-state index >= 15 is 0 Å². The van der Waals surface area contributed by atoms with Gasteiger partial charge < -0.3 is 10.1 Å². The number of nitrogens with one attached hydrogen (secondary N) is 1. The van der Waals surface area contributed by atoms with E-state index in [1.54, 1.807) is 0 Å². The average Bonchev–Trinajstić information content (AvgIpc) is 2.47. The van der Waals surface area contributed by atoms with Crippen LogP contribution in [0.4, 0.5) is 5.69 Å². The first-order chi connectivity index (χ1) is 9.69. The van der Waals surface area contributed by atoms with Crippen molar-refractivity contribution in [1.29, 1.82) is 0 Å². The maximum atomic E-state index is 5.98. The van der Waals surface area contributed by atoms with Gasteiger partial charge in [-0.1, -0.05) is 24.6 Å². The van der Waals surface area contributed by atoms with Gasteiger partial charge in [0.1, 0.15) is 5.75 Å². The van der Waals surface area contributed by atoms with Gasteiger partial charge in [-0.25, -0.2) is 0 Å². The first-order valence-corrected chi connectivity index (χ1v) is 7.77. The topological polar surface area (TPSA) is 21.3 Å². The fraction of sp³-hybridized carbons (Fsp3) is 0.250. The lowest BCUT2D eigenvalue weighted by Gasteiger charge is -2.09. The highest BCUT2D eigenvalue weighted by molar-refractivity contribution is 9.10. The SMILES string of the molecule is CCCOc1ccc(NCc2ccc(Cl)c(Br)c2)cc1. The fourth-order valence-corrected chi connectivity index (χ4v) is 2.29. The molecule has 0 bridgehead atoms. The molecule has 0 heterocycles. The largest absolute Gasteiger partial charge is 0.494 e. The molecule has 2 aromatic rings. The van der Waals surface area contributed by atoms with Gasteiger partial charge in [0.2, 0.25) is 0 Å². The standard InChI is InChI=1S/C16H17BrClNO/c1-2-9-20-14-6-4-13(5-7-14)19-11-12-3-8-16(18)15(17)10-12/h3-8,10,19H,2,9,11H2,1H3. The molecule has 0 unspecified atom stereocenters. The summed E-state index contributed by atoms with van der Waals surface area (Å²) in [4.78, 5) is 0. The number of hydrogen-bond acceptors (Lipinski definition) is 2. The van der Waals surface area contributed by atoms with Gasteiger partial charge in [0.05, 0.1) is 11.6 Å². The first-order valence-electron chi connectivity index (χ1n) is 6.59. The molecule has 0 saturated heterocycles. The molecular formula is C16H17BrClNO. The van der Waals surface area contributed by atoms with E-state index in [1.807, 2.05) is 42.5 Å². The van der Waals surface area contributed by atoms with E-state index in [4.69, 9.17) is 16.3 Å². The van der Waals surface area contributed by atoms with Crippen molar-refractivity contribution < 1.29 is 4.74 Å². The molecule has 4 heteroatoms. The molecule has 20 heavy (non-hydrogen) atoms. The third-order valence-electron chi connectivity index (χ3n) is 2.81. The number of rotatable bonds is 6. The molecule has 0 aliphatic carbocycles. The molecule has 0 amide bonds. The normalized spacial score (nSPS) is 10.3. The van der Waals surface area contributed by atoms with Crippen molar-refractivity contribution in [3.63, 3.8) is 0 Å². The van der Waals surface area contributed by atoms with E-state index in [9.17, 15) is 0 Å². The molecule has 0 saturated carbocycles. The van der Waals surface area contributed by atoms with E-state index in [0.29, 0.717) is 0 Å². The molecular weight excluding hydrogens is 338 g/mol. The molecule has 2 nitrogen and oxygen atoms in total. The van der Waals surface area contributed by atoms with Crippen LogP contribution in [-0.2, 0) is 6.54 Å². The van der Waals surface area contributed by atoms with E-state index in [0.717, 1.165) is 40.5 Å². The Labute approximate surface area is 133 Å². The number of anilines is 1. The molecule has 0 radical (unpaired) electrons. The summed E-state index contributed by atoms with van der Waals surface area (Å²) in [5.74, 6) is 0.909. The lowest BCUT2D eigenvalue weighted by molar-refractivity contribution is 0.317. The van der Waals surface area contributed by atoms with Crippen LogP contribution in [0.5, 0.6) is 5.75 Å². The Morgan fingerprint density at radius 1 is 1.15 bits per heavy atom. The lowest BCUT2D eigenvalue weighted by atomic mass is 10.2. The van der Waals surface area contributed by atoms with E-state index < -0.39 is 0 Å². The summed E-state index contributed by atoms with van der Waals surface area (Å²) in [5, 5.41) is 4.10. The predicted molar refractivity (Wildman–Crippen MR) is 88.7 cm³/mol.